The van der Waals surface area contributed by atoms with Crippen molar-refractivity contribution in [2.24, 2.45) is 0 Å². The van der Waals surface area contributed by atoms with Crippen LogP contribution < -0.4 is 20.7 Å². The number of carbonyl (C=O) groups is 2. The number of nitrogens with one attached hydrogen (secondary N) is 3. The molecular formula is C27H27N5O3. The molecule has 35 heavy (non-hydrogen) atoms. The van der Waals surface area contributed by atoms with Crippen LogP contribution in [-0.2, 0) is 4.79 Å². The Balaban J connectivity index is 1.42. The molecule has 0 aliphatic carbocycles. The number of para-hydroxylation sites is 2. The van der Waals surface area contributed by atoms with E-state index >= 15 is 0 Å². The quantitative estimate of drug-likeness (QED) is 0.344. The molecule has 0 spiro atoms. The fourth-order valence-electron chi connectivity index (χ4n) is 3.71. The third kappa shape index (κ3) is 5.50. The van der Waals surface area contributed by atoms with Gasteiger partial charge in [-0.25, -0.2) is 4.68 Å². The maximum Gasteiger partial charge on any atom is 0.257 e. The van der Waals surface area contributed by atoms with Crippen LogP contribution in [0.15, 0.2) is 78.9 Å². The third-order valence-corrected chi connectivity index (χ3v) is 5.52. The molecule has 8 nitrogen and oxygen atoms in total. The van der Waals surface area contributed by atoms with Crippen LogP contribution in [0.4, 0.5) is 17.1 Å². The predicted molar refractivity (Wildman–Crippen MR) is 138 cm³/mol. The second-order valence-corrected chi connectivity index (χ2v) is 7.92. The molecule has 2 amide bonds. The predicted octanol–water partition coefficient (Wildman–Crippen LogP) is 4.80. The maximum atomic E-state index is 12.9. The molecule has 0 fully saturated rings. The van der Waals surface area contributed by atoms with Crippen LogP contribution in [0, 0.1) is 13.8 Å². The van der Waals surface area contributed by atoms with Gasteiger partial charge in [0.25, 0.3) is 5.91 Å². The van der Waals surface area contributed by atoms with Crippen molar-refractivity contribution in [2.75, 3.05) is 29.6 Å². The number of amides is 2. The first-order chi connectivity index (χ1) is 17.0. The van der Waals surface area contributed by atoms with Gasteiger partial charge in [-0.15, -0.1) is 0 Å². The van der Waals surface area contributed by atoms with Gasteiger partial charge in [0.1, 0.15) is 5.75 Å². The summed E-state index contributed by atoms with van der Waals surface area (Å²) in [6.45, 7) is 3.76. The van der Waals surface area contributed by atoms with E-state index in [1.165, 1.54) is 0 Å². The number of methoxy groups -OCH3 is 1. The molecule has 3 N–H and O–H groups in total. The number of nitrogens with zero attached hydrogens (tertiary/aromatic N) is 2. The lowest BCUT2D eigenvalue weighted by molar-refractivity contribution is -0.114. The lowest BCUT2D eigenvalue weighted by Crippen LogP contribution is -2.24. The van der Waals surface area contributed by atoms with Crippen LogP contribution in [0.3, 0.4) is 0 Å². The van der Waals surface area contributed by atoms with Crippen LogP contribution in [0.2, 0.25) is 0 Å². The van der Waals surface area contributed by atoms with E-state index in [0.717, 1.165) is 17.1 Å². The Morgan fingerprint density at radius 1 is 0.886 bits per heavy atom. The van der Waals surface area contributed by atoms with Gasteiger partial charge in [-0.1, -0.05) is 30.3 Å². The van der Waals surface area contributed by atoms with E-state index < -0.39 is 0 Å². The molecule has 0 saturated carbocycles. The summed E-state index contributed by atoms with van der Waals surface area (Å²) in [5, 5.41) is 13.4. The fourth-order valence-corrected chi connectivity index (χ4v) is 3.71. The molecule has 0 radical (unpaired) electrons. The highest BCUT2D eigenvalue weighted by Crippen LogP contribution is 2.23. The number of rotatable bonds is 8. The van der Waals surface area contributed by atoms with Crippen LogP contribution in [-0.4, -0.2) is 35.2 Å². The number of carbonyl (C=O) groups excluding carboxylic acids is 2. The zero-order valence-electron chi connectivity index (χ0n) is 19.8. The molecule has 0 aliphatic heterocycles. The van der Waals surface area contributed by atoms with E-state index in [2.05, 4.69) is 21.0 Å². The van der Waals surface area contributed by atoms with Gasteiger partial charge in [-0.2, -0.15) is 5.10 Å². The average molecular weight is 470 g/mol. The number of hydrogen-bond donors (Lipinski definition) is 3. The normalized spacial score (nSPS) is 10.5. The standard InChI is InChI=1S/C27H27N5O3/c1-18-26(19(2)32(31-18)21-9-5-4-6-10-21)30-25(33)17-28-24-12-8-7-11-23(24)27(34)29-20-13-15-22(35-3)16-14-20/h4-16,28H,17H2,1-3H3,(H,29,34)(H,30,33). The molecule has 178 valence electrons. The highest BCUT2D eigenvalue weighted by atomic mass is 16.5. The van der Waals surface area contributed by atoms with Gasteiger partial charge in [0.2, 0.25) is 5.91 Å². The molecule has 8 heteroatoms. The van der Waals surface area contributed by atoms with Crippen molar-refractivity contribution in [3.05, 3.63) is 95.8 Å². The second kappa shape index (κ2) is 10.6. The molecule has 0 aliphatic rings. The summed E-state index contributed by atoms with van der Waals surface area (Å²) in [6.07, 6.45) is 0. The van der Waals surface area contributed by atoms with Gasteiger partial charge in [0.05, 0.1) is 42.0 Å². The number of anilines is 3. The first-order valence-electron chi connectivity index (χ1n) is 11.2. The molecule has 1 heterocycles. The van der Waals surface area contributed by atoms with E-state index in [1.807, 2.05) is 50.2 Å². The Morgan fingerprint density at radius 2 is 1.57 bits per heavy atom. The topological polar surface area (TPSA) is 97.3 Å². The summed E-state index contributed by atoms with van der Waals surface area (Å²) in [5.41, 5.74) is 4.78. The van der Waals surface area contributed by atoms with Crippen molar-refractivity contribution in [1.82, 2.24) is 9.78 Å². The Hall–Kier alpha value is -4.59. The lowest BCUT2D eigenvalue weighted by atomic mass is 10.1. The molecule has 4 aromatic rings. The minimum Gasteiger partial charge on any atom is -0.497 e. The maximum absolute atomic E-state index is 12.9. The Labute approximate surface area is 203 Å². The van der Waals surface area contributed by atoms with Crippen molar-refractivity contribution < 1.29 is 14.3 Å². The van der Waals surface area contributed by atoms with Gasteiger partial charge in [0.15, 0.2) is 0 Å². The number of ether oxygens (including phenoxy) is 1. The van der Waals surface area contributed by atoms with Gasteiger partial charge in [-0.05, 0) is 62.4 Å². The first kappa shape index (κ1) is 23.6. The highest BCUT2D eigenvalue weighted by molar-refractivity contribution is 6.08. The van der Waals surface area contributed by atoms with Crippen molar-refractivity contribution in [3.8, 4) is 11.4 Å². The number of benzene rings is 3. The van der Waals surface area contributed by atoms with E-state index in [4.69, 9.17) is 4.74 Å². The Bertz CT molecular complexity index is 1330. The van der Waals surface area contributed by atoms with Crippen molar-refractivity contribution in [2.45, 2.75) is 13.8 Å². The fraction of sp³-hybridized carbons (Fsp3) is 0.148. The van der Waals surface area contributed by atoms with Gasteiger partial charge in [0, 0.05) is 11.4 Å². The van der Waals surface area contributed by atoms with E-state index in [-0.39, 0.29) is 18.4 Å². The molecule has 0 bridgehead atoms. The second-order valence-electron chi connectivity index (χ2n) is 7.92. The van der Waals surface area contributed by atoms with Crippen molar-refractivity contribution >= 4 is 28.9 Å². The Morgan fingerprint density at radius 3 is 2.29 bits per heavy atom. The molecule has 0 atom stereocenters. The molecule has 0 unspecified atom stereocenters. The van der Waals surface area contributed by atoms with Gasteiger partial charge in [-0.3, -0.25) is 9.59 Å². The lowest BCUT2D eigenvalue weighted by Gasteiger charge is -2.13. The molecular weight excluding hydrogens is 442 g/mol. The molecule has 0 saturated heterocycles. The average Bonchev–Trinajstić information content (AvgIpc) is 3.17. The van der Waals surface area contributed by atoms with Gasteiger partial charge < -0.3 is 20.7 Å². The monoisotopic (exact) mass is 469 g/mol. The smallest absolute Gasteiger partial charge is 0.257 e. The van der Waals surface area contributed by atoms with E-state index in [9.17, 15) is 9.59 Å². The number of aryl methyl sites for hydroxylation is 1. The van der Waals surface area contributed by atoms with Crippen LogP contribution in [0.5, 0.6) is 5.75 Å². The largest absolute Gasteiger partial charge is 0.497 e. The summed E-state index contributed by atoms with van der Waals surface area (Å²) in [5.74, 6) is 0.180. The minimum atomic E-state index is -0.283. The molecule has 1 aromatic heterocycles. The van der Waals surface area contributed by atoms with Crippen LogP contribution in [0.25, 0.3) is 5.69 Å². The SMILES string of the molecule is COc1ccc(NC(=O)c2ccccc2NCC(=O)Nc2c(C)nn(-c3ccccc3)c2C)cc1. The Kier molecular flexibility index (Phi) is 7.11. The summed E-state index contributed by atoms with van der Waals surface area (Å²) >= 11 is 0. The minimum absolute atomic E-state index is 0.0117. The van der Waals surface area contributed by atoms with Crippen molar-refractivity contribution in [3.63, 3.8) is 0 Å². The number of hydrogen-bond acceptors (Lipinski definition) is 5. The van der Waals surface area contributed by atoms with E-state index in [1.54, 1.807) is 54.3 Å². The summed E-state index contributed by atoms with van der Waals surface area (Å²) in [6, 6.07) is 23.9. The van der Waals surface area contributed by atoms with Crippen molar-refractivity contribution in [1.29, 1.82) is 0 Å². The van der Waals surface area contributed by atoms with Crippen LogP contribution in [0.1, 0.15) is 21.7 Å². The van der Waals surface area contributed by atoms with E-state index in [0.29, 0.717) is 28.4 Å². The number of aromatic nitrogens is 2. The summed E-state index contributed by atoms with van der Waals surface area (Å²) in [4.78, 5) is 25.6. The highest BCUT2D eigenvalue weighted by Gasteiger charge is 2.16. The first-order valence-corrected chi connectivity index (χ1v) is 11.2. The zero-order valence-corrected chi connectivity index (χ0v) is 19.8. The molecule has 3 aromatic carbocycles. The zero-order chi connectivity index (χ0) is 24.8. The summed E-state index contributed by atoms with van der Waals surface area (Å²) < 4.78 is 6.95. The van der Waals surface area contributed by atoms with Gasteiger partial charge >= 0.3 is 0 Å². The molecule has 4 rings (SSSR count). The summed E-state index contributed by atoms with van der Waals surface area (Å²) in [7, 11) is 1.59. The van der Waals surface area contributed by atoms with Crippen LogP contribution >= 0.6 is 0 Å². The third-order valence-electron chi connectivity index (χ3n) is 5.52.